The average Bonchev–Trinajstić information content (AvgIpc) is 3.28. The zero-order chi connectivity index (χ0) is 20.9. The predicted octanol–water partition coefficient (Wildman–Crippen LogP) is 1.58. The van der Waals surface area contributed by atoms with Gasteiger partial charge in [0, 0.05) is 30.8 Å². The minimum absolute atomic E-state index is 0.0745. The van der Waals surface area contributed by atoms with Gasteiger partial charge in [-0.25, -0.2) is 0 Å². The molecule has 2 aromatic carbocycles. The van der Waals surface area contributed by atoms with Crippen LogP contribution in [0.1, 0.15) is 26.3 Å². The molecule has 0 saturated carbocycles. The van der Waals surface area contributed by atoms with Gasteiger partial charge in [0.15, 0.2) is 0 Å². The van der Waals surface area contributed by atoms with Crippen LogP contribution in [0, 0.1) is 0 Å². The van der Waals surface area contributed by atoms with Gasteiger partial charge in [-0.15, -0.1) is 0 Å². The molecule has 0 atom stereocenters. The first kappa shape index (κ1) is 19.4. The zero-order valence-electron chi connectivity index (χ0n) is 16.2. The van der Waals surface area contributed by atoms with E-state index in [2.05, 4.69) is 20.8 Å². The van der Waals surface area contributed by atoms with Crippen LogP contribution in [0.3, 0.4) is 0 Å². The molecule has 1 saturated heterocycles. The van der Waals surface area contributed by atoms with Crippen LogP contribution in [0.25, 0.3) is 11.3 Å². The Bertz CT molecular complexity index is 1060. The lowest BCUT2D eigenvalue weighted by Gasteiger charge is -2.26. The number of aromatic amines is 1. The summed E-state index contributed by atoms with van der Waals surface area (Å²) in [5.41, 5.74) is 3.40. The Labute approximate surface area is 173 Å². The molecule has 3 aromatic rings. The molecule has 1 aliphatic heterocycles. The summed E-state index contributed by atoms with van der Waals surface area (Å²) in [7, 11) is 0. The highest BCUT2D eigenvalue weighted by Gasteiger charge is 2.22. The van der Waals surface area contributed by atoms with Crippen LogP contribution in [0.2, 0.25) is 0 Å². The highest BCUT2D eigenvalue weighted by atomic mass is 16.2. The van der Waals surface area contributed by atoms with Crippen molar-refractivity contribution in [3.8, 4) is 11.3 Å². The Balaban J connectivity index is 1.38. The first-order chi connectivity index (χ1) is 14.6. The maximum atomic E-state index is 12.6. The van der Waals surface area contributed by atoms with Crippen molar-refractivity contribution in [2.45, 2.75) is 6.54 Å². The van der Waals surface area contributed by atoms with Gasteiger partial charge in [0.25, 0.3) is 11.8 Å². The molecule has 152 valence electrons. The number of piperazine rings is 1. The molecule has 2 heterocycles. The number of amides is 3. The summed E-state index contributed by atoms with van der Waals surface area (Å²) in [5, 5.41) is 12.5. The highest BCUT2D eigenvalue weighted by molar-refractivity contribution is 6.00. The van der Waals surface area contributed by atoms with Crippen molar-refractivity contribution >= 4 is 17.7 Å². The third-order valence-corrected chi connectivity index (χ3v) is 4.93. The molecule has 8 heteroatoms. The smallest absolute Gasteiger partial charge is 0.255 e. The van der Waals surface area contributed by atoms with Crippen molar-refractivity contribution in [1.82, 2.24) is 25.7 Å². The SMILES string of the molecule is O=C1CN(C(=O)c2ccc(CNC(=O)c3cn[nH]c3-c3ccccc3)cc2)CCN1. The molecule has 0 aliphatic carbocycles. The first-order valence-corrected chi connectivity index (χ1v) is 9.64. The second kappa shape index (κ2) is 8.60. The van der Waals surface area contributed by atoms with Crippen LogP contribution in [-0.4, -0.2) is 52.5 Å². The molecule has 4 rings (SSSR count). The van der Waals surface area contributed by atoms with Gasteiger partial charge >= 0.3 is 0 Å². The fourth-order valence-electron chi connectivity index (χ4n) is 3.32. The normalized spacial score (nSPS) is 13.6. The van der Waals surface area contributed by atoms with Gasteiger partial charge in [-0.2, -0.15) is 5.10 Å². The number of hydrogen-bond donors (Lipinski definition) is 3. The van der Waals surface area contributed by atoms with Crippen molar-refractivity contribution in [2.75, 3.05) is 19.6 Å². The van der Waals surface area contributed by atoms with Gasteiger partial charge in [0.1, 0.15) is 0 Å². The number of nitrogens with one attached hydrogen (secondary N) is 3. The summed E-state index contributed by atoms with van der Waals surface area (Å²) >= 11 is 0. The minimum atomic E-state index is -0.234. The van der Waals surface area contributed by atoms with Crippen LogP contribution in [0.4, 0.5) is 0 Å². The van der Waals surface area contributed by atoms with E-state index in [1.54, 1.807) is 24.3 Å². The fraction of sp³-hybridized carbons (Fsp3) is 0.182. The Morgan fingerprint density at radius 2 is 1.83 bits per heavy atom. The van der Waals surface area contributed by atoms with E-state index < -0.39 is 0 Å². The van der Waals surface area contributed by atoms with Crippen molar-refractivity contribution in [3.05, 3.63) is 77.5 Å². The number of carbonyl (C=O) groups excluding carboxylic acids is 3. The molecule has 0 bridgehead atoms. The number of rotatable bonds is 5. The number of H-pyrrole nitrogens is 1. The van der Waals surface area contributed by atoms with E-state index in [9.17, 15) is 14.4 Å². The van der Waals surface area contributed by atoms with E-state index in [0.29, 0.717) is 36.5 Å². The zero-order valence-corrected chi connectivity index (χ0v) is 16.2. The van der Waals surface area contributed by atoms with E-state index in [1.807, 2.05) is 30.3 Å². The monoisotopic (exact) mass is 403 g/mol. The quantitative estimate of drug-likeness (QED) is 0.601. The lowest BCUT2D eigenvalue weighted by molar-refractivity contribution is -0.123. The molecule has 0 radical (unpaired) electrons. The maximum absolute atomic E-state index is 12.6. The molecular formula is C22H21N5O3. The Morgan fingerprint density at radius 3 is 2.57 bits per heavy atom. The third kappa shape index (κ3) is 4.22. The summed E-state index contributed by atoms with van der Waals surface area (Å²) in [4.78, 5) is 38.1. The van der Waals surface area contributed by atoms with Crippen LogP contribution >= 0.6 is 0 Å². The standard InChI is InChI=1S/C22H21N5O3/c28-19-14-27(11-10-23-19)22(30)17-8-6-15(7-9-17)12-24-21(29)18-13-25-26-20(18)16-4-2-1-3-5-16/h1-9,13H,10-12,14H2,(H,23,28)(H,24,29)(H,25,26). The average molecular weight is 403 g/mol. The molecule has 0 spiro atoms. The van der Waals surface area contributed by atoms with Crippen LogP contribution in [0.15, 0.2) is 60.8 Å². The molecule has 1 aromatic heterocycles. The second-order valence-corrected chi connectivity index (χ2v) is 6.98. The van der Waals surface area contributed by atoms with Crippen molar-refractivity contribution in [2.24, 2.45) is 0 Å². The fourth-order valence-corrected chi connectivity index (χ4v) is 3.32. The number of aromatic nitrogens is 2. The van der Waals surface area contributed by atoms with Gasteiger partial charge in [-0.1, -0.05) is 42.5 Å². The van der Waals surface area contributed by atoms with Crippen LogP contribution in [0.5, 0.6) is 0 Å². The van der Waals surface area contributed by atoms with Crippen LogP contribution in [-0.2, 0) is 11.3 Å². The van der Waals surface area contributed by atoms with Crippen molar-refractivity contribution in [1.29, 1.82) is 0 Å². The van der Waals surface area contributed by atoms with Gasteiger partial charge in [0.2, 0.25) is 5.91 Å². The van der Waals surface area contributed by atoms with E-state index in [0.717, 1.165) is 11.1 Å². The van der Waals surface area contributed by atoms with Crippen LogP contribution < -0.4 is 10.6 Å². The molecule has 0 unspecified atom stereocenters. The van der Waals surface area contributed by atoms with E-state index in [-0.39, 0.29) is 24.3 Å². The van der Waals surface area contributed by atoms with Crippen molar-refractivity contribution in [3.63, 3.8) is 0 Å². The predicted molar refractivity (Wildman–Crippen MR) is 111 cm³/mol. The van der Waals surface area contributed by atoms with Crippen molar-refractivity contribution < 1.29 is 14.4 Å². The summed E-state index contributed by atoms with van der Waals surface area (Å²) < 4.78 is 0. The van der Waals surface area contributed by atoms with Gasteiger partial charge in [0.05, 0.1) is 24.0 Å². The van der Waals surface area contributed by atoms with E-state index >= 15 is 0 Å². The molecule has 1 fully saturated rings. The Kier molecular flexibility index (Phi) is 5.56. The Morgan fingerprint density at radius 1 is 1.07 bits per heavy atom. The number of hydrogen-bond acceptors (Lipinski definition) is 4. The summed E-state index contributed by atoms with van der Waals surface area (Å²) in [6.45, 7) is 1.36. The highest BCUT2D eigenvalue weighted by Crippen LogP contribution is 2.20. The molecule has 1 aliphatic rings. The van der Waals surface area contributed by atoms with Gasteiger partial charge in [-0.05, 0) is 17.7 Å². The van der Waals surface area contributed by atoms with E-state index in [4.69, 9.17) is 0 Å². The summed E-state index contributed by atoms with van der Waals surface area (Å²) in [6.07, 6.45) is 1.51. The molecule has 3 N–H and O–H groups in total. The summed E-state index contributed by atoms with van der Waals surface area (Å²) in [5.74, 6) is -0.559. The minimum Gasteiger partial charge on any atom is -0.353 e. The number of nitrogens with zero attached hydrogens (tertiary/aromatic N) is 2. The van der Waals surface area contributed by atoms with Gasteiger partial charge < -0.3 is 15.5 Å². The summed E-state index contributed by atoms with van der Waals surface area (Å²) in [6, 6.07) is 16.5. The second-order valence-electron chi connectivity index (χ2n) is 6.98. The lowest BCUT2D eigenvalue weighted by Crippen LogP contribution is -2.49. The largest absolute Gasteiger partial charge is 0.353 e. The molecule has 30 heavy (non-hydrogen) atoms. The number of carbonyl (C=O) groups is 3. The lowest BCUT2D eigenvalue weighted by atomic mass is 10.1. The molecule has 3 amide bonds. The molecular weight excluding hydrogens is 382 g/mol. The third-order valence-electron chi connectivity index (χ3n) is 4.93. The van der Waals surface area contributed by atoms with Gasteiger partial charge in [-0.3, -0.25) is 19.5 Å². The Hall–Kier alpha value is -3.94. The molecule has 8 nitrogen and oxygen atoms in total. The number of benzene rings is 2. The maximum Gasteiger partial charge on any atom is 0.255 e. The van der Waals surface area contributed by atoms with E-state index in [1.165, 1.54) is 11.1 Å². The first-order valence-electron chi connectivity index (χ1n) is 9.64. The topological polar surface area (TPSA) is 107 Å².